The van der Waals surface area contributed by atoms with Crippen molar-refractivity contribution in [3.8, 4) is 0 Å². The van der Waals surface area contributed by atoms with Crippen molar-refractivity contribution >= 4 is 29.3 Å². The Morgan fingerprint density at radius 2 is 1.78 bits per heavy atom. The molecule has 1 aromatic heterocycles. The zero-order chi connectivity index (χ0) is 16.8. The second kappa shape index (κ2) is 7.21. The van der Waals surface area contributed by atoms with E-state index in [9.17, 15) is 14.4 Å². The predicted molar refractivity (Wildman–Crippen MR) is 80.9 cm³/mol. The monoisotopic (exact) mass is 317 g/mol. The van der Waals surface area contributed by atoms with Gasteiger partial charge >= 0.3 is 5.97 Å². The minimum absolute atomic E-state index is 0.253. The highest BCUT2D eigenvalue weighted by Gasteiger charge is 2.12. The summed E-state index contributed by atoms with van der Waals surface area (Å²) in [5.41, 5.74) is 0.831. The molecule has 0 radical (unpaired) electrons. The van der Waals surface area contributed by atoms with E-state index < -0.39 is 17.8 Å². The number of aromatic nitrogens is 1. The third kappa shape index (κ3) is 4.67. The number of rotatable bonds is 5. The van der Waals surface area contributed by atoms with Crippen LogP contribution in [-0.4, -0.2) is 30.1 Å². The van der Waals surface area contributed by atoms with Crippen molar-refractivity contribution in [1.82, 2.24) is 5.16 Å². The maximum absolute atomic E-state index is 11.8. The standard InChI is InChI=1S/C15H15N3O5/c1-9-7-12(18-23-9)17-14(20)8-13(19)16-11-5-3-10(4-6-11)15(21)22-2/h3-7H,8H2,1-2H3,(H,16,19)(H,17,18,20). The largest absolute Gasteiger partial charge is 0.465 e. The van der Waals surface area contributed by atoms with E-state index in [0.29, 0.717) is 17.0 Å². The molecule has 1 aromatic carbocycles. The molecule has 2 aromatic rings. The summed E-state index contributed by atoms with van der Waals surface area (Å²) in [6, 6.07) is 7.66. The number of nitrogens with one attached hydrogen (secondary N) is 2. The molecule has 0 aliphatic heterocycles. The molecule has 0 saturated carbocycles. The smallest absolute Gasteiger partial charge is 0.337 e. The highest BCUT2D eigenvalue weighted by atomic mass is 16.5. The molecule has 0 aliphatic carbocycles. The molecule has 0 unspecified atom stereocenters. The van der Waals surface area contributed by atoms with Crippen molar-refractivity contribution in [1.29, 1.82) is 0 Å². The molecule has 2 rings (SSSR count). The number of carbonyl (C=O) groups is 3. The van der Waals surface area contributed by atoms with Crippen LogP contribution < -0.4 is 10.6 Å². The van der Waals surface area contributed by atoms with E-state index in [1.54, 1.807) is 25.1 Å². The second-order valence-electron chi connectivity index (χ2n) is 4.66. The molecule has 0 atom stereocenters. The van der Waals surface area contributed by atoms with Crippen LogP contribution in [0, 0.1) is 6.92 Å². The first-order valence-corrected chi connectivity index (χ1v) is 6.69. The summed E-state index contributed by atoms with van der Waals surface area (Å²) in [5, 5.41) is 8.60. The van der Waals surface area contributed by atoms with Gasteiger partial charge in [-0.15, -0.1) is 0 Å². The number of amides is 2. The Kier molecular flexibility index (Phi) is 5.08. The lowest BCUT2D eigenvalue weighted by molar-refractivity contribution is -0.123. The van der Waals surface area contributed by atoms with E-state index in [4.69, 9.17) is 4.52 Å². The average Bonchev–Trinajstić information content (AvgIpc) is 2.91. The normalized spacial score (nSPS) is 10.0. The number of benzene rings is 1. The van der Waals surface area contributed by atoms with E-state index in [2.05, 4.69) is 20.5 Å². The Hall–Kier alpha value is -3.16. The number of ether oxygens (including phenoxy) is 1. The molecule has 8 heteroatoms. The van der Waals surface area contributed by atoms with Crippen LogP contribution in [0.15, 0.2) is 34.9 Å². The maximum Gasteiger partial charge on any atom is 0.337 e. The van der Waals surface area contributed by atoms with E-state index in [1.807, 2.05) is 0 Å². The van der Waals surface area contributed by atoms with Gasteiger partial charge in [0.1, 0.15) is 12.2 Å². The fourth-order valence-corrected chi connectivity index (χ4v) is 1.77. The van der Waals surface area contributed by atoms with Crippen LogP contribution >= 0.6 is 0 Å². The fraction of sp³-hybridized carbons (Fsp3) is 0.200. The Bertz CT molecular complexity index is 721. The highest BCUT2D eigenvalue weighted by Crippen LogP contribution is 2.11. The summed E-state index contributed by atoms with van der Waals surface area (Å²) < 4.78 is 9.38. The fourth-order valence-electron chi connectivity index (χ4n) is 1.77. The SMILES string of the molecule is COC(=O)c1ccc(NC(=O)CC(=O)Nc2cc(C)on2)cc1. The van der Waals surface area contributed by atoms with Crippen LogP contribution in [0.5, 0.6) is 0 Å². The Morgan fingerprint density at radius 3 is 2.35 bits per heavy atom. The third-order valence-corrected chi connectivity index (χ3v) is 2.81. The zero-order valence-electron chi connectivity index (χ0n) is 12.6. The summed E-state index contributed by atoms with van der Waals surface area (Å²) in [6.07, 6.45) is -0.370. The van der Waals surface area contributed by atoms with Gasteiger partial charge < -0.3 is 19.9 Å². The maximum atomic E-state index is 11.8. The number of esters is 1. The van der Waals surface area contributed by atoms with Crippen molar-refractivity contribution in [2.45, 2.75) is 13.3 Å². The van der Waals surface area contributed by atoms with Gasteiger partial charge in [0.2, 0.25) is 11.8 Å². The van der Waals surface area contributed by atoms with Crippen LogP contribution in [0.2, 0.25) is 0 Å². The molecular weight excluding hydrogens is 302 g/mol. The van der Waals surface area contributed by atoms with Gasteiger partial charge in [-0.1, -0.05) is 5.16 Å². The minimum atomic E-state index is -0.512. The van der Waals surface area contributed by atoms with Gasteiger partial charge in [-0.3, -0.25) is 9.59 Å². The molecule has 0 spiro atoms. The average molecular weight is 317 g/mol. The summed E-state index contributed by atoms with van der Waals surface area (Å²) in [6.45, 7) is 1.69. The number of hydrogen-bond acceptors (Lipinski definition) is 6. The van der Waals surface area contributed by atoms with Crippen LogP contribution in [0.25, 0.3) is 0 Å². The molecule has 0 fully saturated rings. The zero-order valence-corrected chi connectivity index (χ0v) is 12.6. The van der Waals surface area contributed by atoms with E-state index in [1.165, 1.54) is 19.2 Å². The molecule has 1 heterocycles. The molecule has 0 bridgehead atoms. The quantitative estimate of drug-likeness (QED) is 0.642. The topological polar surface area (TPSA) is 111 Å². The lowest BCUT2D eigenvalue weighted by Crippen LogP contribution is -2.21. The van der Waals surface area contributed by atoms with Gasteiger partial charge in [-0.2, -0.15) is 0 Å². The molecule has 120 valence electrons. The third-order valence-electron chi connectivity index (χ3n) is 2.81. The Balaban J connectivity index is 1.86. The number of aryl methyl sites for hydroxylation is 1. The molecule has 2 amide bonds. The van der Waals surface area contributed by atoms with Gasteiger partial charge in [-0.05, 0) is 31.2 Å². The van der Waals surface area contributed by atoms with Crippen LogP contribution in [0.1, 0.15) is 22.5 Å². The van der Waals surface area contributed by atoms with Gasteiger partial charge in [0.25, 0.3) is 0 Å². The number of methoxy groups -OCH3 is 1. The van der Waals surface area contributed by atoms with Crippen molar-refractivity contribution in [2.75, 3.05) is 17.7 Å². The lowest BCUT2D eigenvalue weighted by atomic mass is 10.2. The summed E-state index contributed by atoms with van der Waals surface area (Å²) in [4.78, 5) is 34.8. The van der Waals surface area contributed by atoms with Gasteiger partial charge in [0, 0.05) is 11.8 Å². The molecule has 8 nitrogen and oxygen atoms in total. The first-order valence-electron chi connectivity index (χ1n) is 6.69. The molecule has 2 N–H and O–H groups in total. The van der Waals surface area contributed by atoms with E-state index >= 15 is 0 Å². The van der Waals surface area contributed by atoms with Crippen molar-refractivity contribution < 1.29 is 23.6 Å². The molecule has 0 aliphatic rings. The number of carbonyl (C=O) groups excluding carboxylic acids is 3. The highest BCUT2D eigenvalue weighted by molar-refractivity contribution is 6.07. The van der Waals surface area contributed by atoms with Crippen molar-refractivity contribution in [2.24, 2.45) is 0 Å². The van der Waals surface area contributed by atoms with Crippen LogP contribution in [-0.2, 0) is 14.3 Å². The number of anilines is 2. The summed E-state index contributed by atoms with van der Waals surface area (Å²) in [5.74, 6) is -0.668. The minimum Gasteiger partial charge on any atom is -0.465 e. The molecule has 0 saturated heterocycles. The first-order chi connectivity index (χ1) is 11.0. The van der Waals surface area contributed by atoms with Gasteiger partial charge in [0.05, 0.1) is 12.7 Å². The number of nitrogens with zero attached hydrogens (tertiary/aromatic N) is 1. The second-order valence-corrected chi connectivity index (χ2v) is 4.66. The predicted octanol–water partition coefficient (Wildman–Crippen LogP) is 1.74. The summed E-state index contributed by atoms with van der Waals surface area (Å²) >= 11 is 0. The van der Waals surface area contributed by atoms with Gasteiger partial charge in [0.15, 0.2) is 5.82 Å². The Morgan fingerprint density at radius 1 is 1.13 bits per heavy atom. The number of hydrogen-bond donors (Lipinski definition) is 2. The van der Waals surface area contributed by atoms with Gasteiger partial charge in [-0.25, -0.2) is 4.79 Å². The van der Waals surface area contributed by atoms with E-state index in [-0.39, 0.29) is 12.2 Å². The van der Waals surface area contributed by atoms with E-state index in [0.717, 1.165) is 0 Å². The Labute approximate surface area is 131 Å². The summed E-state index contributed by atoms with van der Waals surface area (Å²) in [7, 11) is 1.28. The van der Waals surface area contributed by atoms with Crippen LogP contribution in [0.3, 0.4) is 0 Å². The first kappa shape index (κ1) is 16.2. The molecular formula is C15H15N3O5. The lowest BCUT2D eigenvalue weighted by Gasteiger charge is -2.06. The van der Waals surface area contributed by atoms with Crippen LogP contribution in [0.4, 0.5) is 11.5 Å². The molecule has 23 heavy (non-hydrogen) atoms. The van der Waals surface area contributed by atoms with Crippen molar-refractivity contribution in [3.05, 3.63) is 41.7 Å². The van der Waals surface area contributed by atoms with Crippen molar-refractivity contribution in [3.63, 3.8) is 0 Å².